The first kappa shape index (κ1) is 20.3. The highest BCUT2D eigenvalue weighted by atomic mass is 35.5. The summed E-state index contributed by atoms with van der Waals surface area (Å²) in [7, 11) is 1.90. The number of benzene rings is 1. The number of aromatic nitrogens is 2. The highest BCUT2D eigenvalue weighted by Crippen LogP contribution is 2.21. The molecule has 2 heterocycles. The van der Waals surface area contributed by atoms with Gasteiger partial charge in [-0.25, -0.2) is 4.39 Å². The van der Waals surface area contributed by atoms with Gasteiger partial charge in [-0.1, -0.05) is 17.3 Å². The topological polar surface area (TPSA) is 71.3 Å². The van der Waals surface area contributed by atoms with E-state index in [1.807, 2.05) is 11.9 Å². The van der Waals surface area contributed by atoms with Crippen LogP contribution in [0.2, 0.25) is 0 Å². The first-order valence-electron chi connectivity index (χ1n) is 8.61. The molecule has 1 aliphatic rings. The van der Waals surface area contributed by atoms with Crippen molar-refractivity contribution in [1.29, 1.82) is 0 Å². The van der Waals surface area contributed by atoms with Crippen molar-refractivity contribution in [3.63, 3.8) is 0 Å². The van der Waals surface area contributed by atoms with Gasteiger partial charge < -0.3 is 14.7 Å². The molecule has 0 spiro atoms. The van der Waals surface area contributed by atoms with Gasteiger partial charge >= 0.3 is 0 Å². The van der Waals surface area contributed by atoms with E-state index in [2.05, 4.69) is 15.5 Å². The Hall–Kier alpha value is -1.99. The van der Waals surface area contributed by atoms with Crippen LogP contribution in [0.1, 0.15) is 30.7 Å². The number of hydrogen-bond donors (Lipinski definition) is 1. The zero-order chi connectivity index (χ0) is 17.8. The summed E-state index contributed by atoms with van der Waals surface area (Å²) >= 11 is 0. The Morgan fingerprint density at radius 1 is 1.46 bits per heavy atom. The number of carbonyl (C=O) groups is 1. The van der Waals surface area contributed by atoms with Crippen molar-refractivity contribution in [2.24, 2.45) is 0 Å². The van der Waals surface area contributed by atoms with Gasteiger partial charge in [0.2, 0.25) is 17.6 Å². The Balaban J connectivity index is 0.00000243. The van der Waals surface area contributed by atoms with Gasteiger partial charge in [0.05, 0.1) is 0 Å². The fraction of sp³-hybridized carbons (Fsp3) is 0.500. The molecule has 1 saturated heterocycles. The number of aryl methyl sites for hydroxylation is 2. The van der Waals surface area contributed by atoms with E-state index in [0.717, 1.165) is 25.9 Å². The second-order valence-corrected chi connectivity index (χ2v) is 6.42. The molecule has 1 N–H and O–H groups in total. The van der Waals surface area contributed by atoms with Crippen LogP contribution in [0.25, 0.3) is 11.4 Å². The maximum absolute atomic E-state index is 13.7. The lowest BCUT2D eigenvalue weighted by Gasteiger charge is -2.24. The maximum Gasteiger partial charge on any atom is 0.227 e. The standard InChI is InChI=1S/C18H23FN4O2.ClH/c1-12-5-6-13(10-15(12)19)18-21-16(25-22-18)7-8-17(24)23-9-3-4-14(23)11-20-2;/h5-6,10,14,20H,3-4,7-9,11H2,1-2H3;1H. The van der Waals surface area contributed by atoms with Crippen molar-refractivity contribution in [3.8, 4) is 11.4 Å². The van der Waals surface area contributed by atoms with Gasteiger partial charge in [0.1, 0.15) is 5.82 Å². The van der Waals surface area contributed by atoms with Crippen molar-refractivity contribution in [3.05, 3.63) is 35.5 Å². The highest BCUT2D eigenvalue weighted by molar-refractivity contribution is 5.85. The van der Waals surface area contributed by atoms with Crippen LogP contribution in [0, 0.1) is 12.7 Å². The summed E-state index contributed by atoms with van der Waals surface area (Å²) in [6.45, 7) is 3.32. The number of nitrogens with one attached hydrogen (secondary N) is 1. The van der Waals surface area contributed by atoms with Crippen LogP contribution in [0.3, 0.4) is 0 Å². The Morgan fingerprint density at radius 3 is 3.00 bits per heavy atom. The van der Waals surface area contributed by atoms with Crippen molar-refractivity contribution in [1.82, 2.24) is 20.4 Å². The van der Waals surface area contributed by atoms with Crippen LogP contribution in [-0.2, 0) is 11.2 Å². The molecule has 1 atom stereocenters. The first-order chi connectivity index (χ1) is 12.1. The van der Waals surface area contributed by atoms with Gasteiger partial charge in [0, 0.05) is 37.5 Å². The summed E-state index contributed by atoms with van der Waals surface area (Å²) in [5.41, 5.74) is 1.14. The number of carbonyl (C=O) groups excluding carboxylic acids is 1. The number of likely N-dealkylation sites (N-methyl/N-ethyl adjacent to an activating group) is 1. The van der Waals surface area contributed by atoms with E-state index >= 15 is 0 Å². The average molecular weight is 383 g/mol. The van der Waals surface area contributed by atoms with Gasteiger partial charge in [0.25, 0.3) is 0 Å². The molecule has 0 aliphatic carbocycles. The molecular weight excluding hydrogens is 359 g/mol. The third-order valence-corrected chi connectivity index (χ3v) is 4.59. The lowest BCUT2D eigenvalue weighted by molar-refractivity contribution is -0.132. The van der Waals surface area contributed by atoms with E-state index < -0.39 is 0 Å². The largest absolute Gasteiger partial charge is 0.339 e. The zero-order valence-corrected chi connectivity index (χ0v) is 15.8. The third-order valence-electron chi connectivity index (χ3n) is 4.59. The fourth-order valence-electron chi connectivity index (χ4n) is 3.17. The Morgan fingerprint density at radius 2 is 2.27 bits per heavy atom. The molecule has 1 amide bonds. The summed E-state index contributed by atoms with van der Waals surface area (Å²) in [5.74, 6) is 0.548. The number of hydrogen-bond acceptors (Lipinski definition) is 5. The van der Waals surface area contributed by atoms with E-state index in [0.29, 0.717) is 35.7 Å². The highest BCUT2D eigenvalue weighted by Gasteiger charge is 2.28. The molecule has 8 heteroatoms. The fourth-order valence-corrected chi connectivity index (χ4v) is 3.17. The quantitative estimate of drug-likeness (QED) is 0.831. The molecule has 1 unspecified atom stereocenters. The van der Waals surface area contributed by atoms with Gasteiger partial charge in [-0.15, -0.1) is 12.4 Å². The van der Waals surface area contributed by atoms with E-state index in [-0.39, 0.29) is 30.2 Å². The second kappa shape index (κ2) is 9.09. The SMILES string of the molecule is CNCC1CCCN1C(=O)CCc1nc(-c2ccc(C)c(F)c2)no1.Cl. The van der Waals surface area contributed by atoms with Crippen molar-refractivity contribution in [2.45, 2.75) is 38.6 Å². The van der Waals surface area contributed by atoms with E-state index in [1.54, 1.807) is 19.1 Å². The van der Waals surface area contributed by atoms with E-state index in [4.69, 9.17) is 4.52 Å². The molecule has 2 aromatic rings. The van der Waals surface area contributed by atoms with Crippen LogP contribution < -0.4 is 5.32 Å². The number of nitrogens with zero attached hydrogens (tertiary/aromatic N) is 3. The van der Waals surface area contributed by atoms with E-state index in [9.17, 15) is 9.18 Å². The van der Waals surface area contributed by atoms with Crippen molar-refractivity contribution in [2.75, 3.05) is 20.1 Å². The molecule has 0 bridgehead atoms. The molecule has 1 fully saturated rings. The van der Waals surface area contributed by atoms with Gasteiger partial charge in [-0.2, -0.15) is 4.98 Å². The number of halogens is 2. The monoisotopic (exact) mass is 382 g/mol. The molecule has 3 rings (SSSR count). The molecular formula is C18H24ClFN4O2. The minimum absolute atomic E-state index is 0. The van der Waals surface area contributed by atoms with Gasteiger partial charge in [-0.3, -0.25) is 4.79 Å². The first-order valence-corrected chi connectivity index (χ1v) is 8.61. The van der Waals surface area contributed by atoms with Crippen LogP contribution in [0.4, 0.5) is 4.39 Å². The molecule has 0 radical (unpaired) electrons. The third kappa shape index (κ3) is 4.59. The van der Waals surface area contributed by atoms with E-state index in [1.165, 1.54) is 6.07 Å². The number of likely N-dealkylation sites (tertiary alicyclic amines) is 1. The lowest BCUT2D eigenvalue weighted by Crippen LogP contribution is -2.40. The van der Waals surface area contributed by atoms with Crippen molar-refractivity contribution < 1.29 is 13.7 Å². The van der Waals surface area contributed by atoms with Gasteiger partial charge in [0.15, 0.2) is 0 Å². The molecule has 6 nitrogen and oxygen atoms in total. The molecule has 142 valence electrons. The maximum atomic E-state index is 13.7. The lowest BCUT2D eigenvalue weighted by atomic mass is 10.1. The predicted octanol–water partition coefficient (Wildman–Crippen LogP) is 2.75. The molecule has 1 aliphatic heterocycles. The van der Waals surface area contributed by atoms with Crippen LogP contribution >= 0.6 is 12.4 Å². The zero-order valence-electron chi connectivity index (χ0n) is 15.0. The smallest absolute Gasteiger partial charge is 0.227 e. The summed E-state index contributed by atoms with van der Waals surface area (Å²) in [5, 5.41) is 7.02. The summed E-state index contributed by atoms with van der Waals surface area (Å²) in [6, 6.07) is 5.10. The second-order valence-electron chi connectivity index (χ2n) is 6.42. The minimum atomic E-state index is -0.302. The minimum Gasteiger partial charge on any atom is -0.339 e. The molecule has 1 aromatic heterocycles. The van der Waals surface area contributed by atoms with Crippen LogP contribution in [-0.4, -0.2) is 47.1 Å². The van der Waals surface area contributed by atoms with Crippen LogP contribution in [0.15, 0.2) is 22.7 Å². The number of rotatable bonds is 6. The summed E-state index contributed by atoms with van der Waals surface area (Å²) < 4.78 is 18.9. The van der Waals surface area contributed by atoms with Crippen molar-refractivity contribution >= 4 is 18.3 Å². The average Bonchev–Trinajstić information content (AvgIpc) is 3.25. The summed E-state index contributed by atoms with van der Waals surface area (Å²) in [6.07, 6.45) is 2.81. The molecule has 0 saturated carbocycles. The molecule has 1 aromatic carbocycles. The van der Waals surface area contributed by atoms with Crippen LogP contribution in [0.5, 0.6) is 0 Å². The number of amides is 1. The Kier molecular flexibility index (Phi) is 7.11. The summed E-state index contributed by atoms with van der Waals surface area (Å²) in [4.78, 5) is 18.6. The van der Waals surface area contributed by atoms with Gasteiger partial charge in [-0.05, 0) is 38.4 Å². The predicted molar refractivity (Wildman–Crippen MR) is 98.7 cm³/mol. The Bertz CT molecular complexity index is 753. The Labute approximate surface area is 158 Å². The normalized spacial score (nSPS) is 16.6. The molecule has 26 heavy (non-hydrogen) atoms.